The number of amides is 3. The van der Waals surface area contributed by atoms with Gasteiger partial charge in [0.25, 0.3) is 0 Å². The maximum atomic E-state index is 13.2. The van der Waals surface area contributed by atoms with Crippen molar-refractivity contribution in [1.82, 2.24) is 9.80 Å². The fraction of sp³-hybridized carbons (Fsp3) is 0.600. The second kappa shape index (κ2) is 6.89. The summed E-state index contributed by atoms with van der Waals surface area (Å²) in [4.78, 5) is 28.4. The van der Waals surface area contributed by atoms with Crippen molar-refractivity contribution in [2.45, 2.75) is 56.5 Å². The Balaban J connectivity index is 1.41. The molecule has 0 spiro atoms. The Labute approximate surface area is 153 Å². The number of carbonyl (C=O) groups excluding carboxylic acids is 2. The summed E-state index contributed by atoms with van der Waals surface area (Å²) in [5.41, 5.74) is 6.57. The van der Waals surface area contributed by atoms with Crippen molar-refractivity contribution < 1.29 is 14.0 Å². The van der Waals surface area contributed by atoms with Crippen molar-refractivity contribution in [1.29, 1.82) is 0 Å². The summed E-state index contributed by atoms with van der Waals surface area (Å²) in [6.45, 7) is 1.23. The molecule has 0 saturated carbocycles. The molecule has 3 aliphatic rings. The van der Waals surface area contributed by atoms with Crippen LogP contribution >= 0.6 is 0 Å². The fourth-order valence-corrected chi connectivity index (χ4v) is 5.02. The van der Waals surface area contributed by atoms with Crippen LogP contribution in [0.2, 0.25) is 0 Å². The molecule has 6 heteroatoms. The van der Waals surface area contributed by atoms with Crippen molar-refractivity contribution in [3.05, 3.63) is 35.6 Å². The van der Waals surface area contributed by atoms with Crippen LogP contribution in [0.25, 0.3) is 0 Å². The molecular formula is C20H26FN3O2. The number of benzene rings is 1. The molecule has 2 N–H and O–H groups in total. The number of halogens is 1. The van der Waals surface area contributed by atoms with E-state index in [1.165, 1.54) is 17.7 Å². The molecule has 1 aromatic rings. The van der Waals surface area contributed by atoms with E-state index in [0.717, 1.165) is 25.7 Å². The van der Waals surface area contributed by atoms with Gasteiger partial charge in [-0.1, -0.05) is 12.1 Å². The number of hydrogen-bond donors (Lipinski definition) is 1. The van der Waals surface area contributed by atoms with E-state index in [0.29, 0.717) is 31.8 Å². The molecule has 2 unspecified atom stereocenters. The summed E-state index contributed by atoms with van der Waals surface area (Å²) in [5, 5.41) is 0. The van der Waals surface area contributed by atoms with Gasteiger partial charge in [0.15, 0.2) is 0 Å². The topological polar surface area (TPSA) is 66.6 Å². The zero-order chi connectivity index (χ0) is 18.3. The summed E-state index contributed by atoms with van der Waals surface area (Å²) >= 11 is 0. The normalized spacial score (nSPS) is 29.0. The standard InChI is InChI=1S/C20H26FN3O2/c21-16-3-1-13(2-4-16)15-11-17-5-6-18(12-15)24(17)20(26)23-9-7-14(8-10-23)19(22)25/h1-4,14-15,17-18H,5-12H2,(H2,22,25). The van der Waals surface area contributed by atoms with E-state index in [1.807, 2.05) is 17.0 Å². The second-order valence-corrected chi connectivity index (χ2v) is 7.96. The highest BCUT2D eigenvalue weighted by Crippen LogP contribution is 2.43. The Kier molecular flexibility index (Phi) is 4.59. The quantitative estimate of drug-likeness (QED) is 0.882. The van der Waals surface area contributed by atoms with E-state index >= 15 is 0 Å². The van der Waals surface area contributed by atoms with Crippen molar-refractivity contribution in [2.24, 2.45) is 11.7 Å². The third kappa shape index (κ3) is 3.17. The minimum absolute atomic E-state index is 0.0972. The van der Waals surface area contributed by atoms with Crippen LogP contribution < -0.4 is 5.73 Å². The molecule has 3 amide bonds. The first-order chi connectivity index (χ1) is 12.5. The largest absolute Gasteiger partial charge is 0.369 e. The molecule has 140 valence electrons. The van der Waals surface area contributed by atoms with Gasteiger partial charge in [-0.05, 0) is 62.1 Å². The van der Waals surface area contributed by atoms with Crippen LogP contribution in [-0.4, -0.2) is 46.9 Å². The summed E-state index contributed by atoms with van der Waals surface area (Å²) in [5.74, 6) is -0.154. The lowest BCUT2D eigenvalue weighted by molar-refractivity contribution is -0.123. The van der Waals surface area contributed by atoms with Crippen molar-refractivity contribution in [2.75, 3.05) is 13.1 Å². The number of piperidine rings is 2. The average Bonchev–Trinajstić information content (AvgIpc) is 2.91. The van der Waals surface area contributed by atoms with Crippen molar-refractivity contribution >= 4 is 11.9 Å². The number of nitrogens with zero attached hydrogens (tertiary/aromatic N) is 2. The van der Waals surface area contributed by atoms with Gasteiger partial charge in [0.2, 0.25) is 5.91 Å². The molecule has 0 aromatic heterocycles. The fourth-order valence-electron chi connectivity index (χ4n) is 5.02. The number of fused-ring (bicyclic) bond motifs is 2. The number of likely N-dealkylation sites (tertiary alicyclic amines) is 1. The summed E-state index contributed by atoms with van der Waals surface area (Å²) in [6.07, 6.45) is 5.33. The summed E-state index contributed by atoms with van der Waals surface area (Å²) in [7, 11) is 0. The number of carbonyl (C=O) groups is 2. The van der Waals surface area contributed by atoms with Gasteiger partial charge in [-0.2, -0.15) is 0 Å². The molecule has 1 aromatic carbocycles. The lowest BCUT2D eigenvalue weighted by Gasteiger charge is -2.43. The van der Waals surface area contributed by atoms with Crippen LogP contribution in [0.4, 0.5) is 9.18 Å². The summed E-state index contributed by atoms with van der Waals surface area (Å²) in [6, 6.07) is 7.47. The highest BCUT2D eigenvalue weighted by molar-refractivity contribution is 5.78. The molecule has 3 saturated heterocycles. The van der Waals surface area contributed by atoms with E-state index in [9.17, 15) is 14.0 Å². The number of nitrogens with two attached hydrogens (primary N) is 1. The van der Waals surface area contributed by atoms with Crippen LogP contribution in [-0.2, 0) is 4.79 Å². The van der Waals surface area contributed by atoms with Gasteiger partial charge in [0, 0.05) is 31.1 Å². The Bertz CT molecular complexity index is 671. The Hall–Kier alpha value is -2.11. The molecule has 0 aliphatic carbocycles. The third-order valence-electron chi connectivity index (χ3n) is 6.46. The van der Waals surface area contributed by atoms with Crippen LogP contribution in [0.15, 0.2) is 24.3 Å². The first kappa shape index (κ1) is 17.3. The smallest absolute Gasteiger partial charge is 0.320 e. The number of hydrogen-bond acceptors (Lipinski definition) is 2. The Morgan fingerprint density at radius 1 is 0.962 bits per heavy atom. The first-order valence-electron chi connectivity index (χ1n) is 9.65. The van der Waals surface area contributed by atoms with Gasteiger partial charge in [-0.15, -0.1) is 0 Å². The summed E-state index contributed by atoms with van der Waals surface area (Å²) < 4.78 is 13.2. The molecule has 2 atom stereocenters. The van der Waals surface area contributed by atoms with Crippen LogP contribution in [0.1, 0.15) is 50.0 Å². The van der Waals surface area contributed by atoms with Gasteiger partial charge in [-0.3, -0.25) is 4.79 Å². The third-order valence-corrected chi connectivity index (χ3v) is 6.46. The van der Waals surface area contributed by atoms with Crippen LogP contribution in [0.5, 0.6) is 0 Å². The van der Waals surface area contributed by atoms with Gasteiger partial charge in [0.1, 0.15) is 5.82 Å². The predicted molar refractivity (Wildman–Crippen MR) is 95.9 cm³/mol. The Morgan fingerprint density at radius 2 is 1.54 bits per heavy atom. The highest BCUT2D eigenvalue weighted by Gasteiger charge is 2.45. The minimum Gasteiger partial charge on any atom is -0.369 e. The lowest BCUT2D eigenvalue weighted by Crippen LogP contribution is -2.54. The number of primary amides is 1. The van der Waals surface area contributed by atoms with E-state index in [2.05, 4.69) is 4.90 Å². The zero-order valence-electron chi connectivity index (χ0n) is 14.9. The van der Waals surface area contributed by atoms with E-state index in [-0.39, 0.29) is 35.8 Å². The number of rotatable bonds is 2. The maximum Gasteiger partial charge on any atom is 0.320 e. The zero-order valence-corrected chi connectivity index (χ0v) is 14.9. The molecule has 3 aliphatic heterocycles. The van der Waals surface area contributed by atoms with Gasteiger partial charge in [0.05, 0.1) is 0 Å². The number of urea groups is 1. The lowest BCUT2D eigenvalue weighted by atomic mass is 9.85. The SMILES string of the molecule is NC(=O)C1CCN(C(=O)N2C3CCC2CC(c2ccc(F)cc2)C3)CC1. The Morgan fingerprint density at radius 3 is 2.08 bits per heavy atom. The molecular weight excluding hydrogens is 333 g/mol. The van der Waals surface area contributed by atoms with Gasteiger partial charge < -0.3 is 15.5 Å². The van der Waals surface area contributed by atoms with Crippen LogP contribution in [0, 0.1) is 11.7 Å². The molecule has 0 radical (unpaired) electrons. The van der Waals surface area contributed by atoms with Gasteiger partial charge in [-0.25, -0.2) is 9.18 Å². The average molecular weight is 359 g/mol. The molecule has 4 rings (SSSR count). The van der Waals surface area contributed by atoms with E-state index < -0.39 is 0 Å². The predicted octanol–water partition coefficient (Wildman–Crippen LogP) is 2.85. The van der Waals surface area contributed by atoms with E-state index in [1.54, 1.807) is 0 Å². The highest BCUT2D eigenvalue weighted by atomic mass is 19.1. The van der Waals surface area contributed by atoms with Crippen molar-refractivity contribution in [3.8, 4) is 0 Å². The van der Waals surface area contributed by atoms with Crippen LogP contribution in [0.3, 0.4) is 0 Å². The first-order valence-corrected chi connectivity index (χ1v) is 9.65. The van der Waals surface area contributed by atoms with Gasteiger partial charge >= 0.3 is 6.03 Å². The minimum atomic E-state index is -0.253. The molecule has 26 heavy (non-hydrogen) atoms. The second-order valence-electron chi connectivity index (χ2n) is 7.96. The van der Waals surface area contributed by atoms with E-state index in [4.69, 9.17) is 5.73 Å². The molecule has 5 nitrogen and oxygen atoms in total. The maximum absolute atomic E-state index is 13.2. The monoisotopic (exact) mass is 359 g/mol. The van der Waals surface area contributed by atoms with Crippen molar-refractivity contribution in [3.63, 3.8) is 0 Å². The molecule has 2 bridgehead atoms. The molecule has 3 heterocycles. The molecule has 3 fully saturated rings.